The molecule has 0 heterocycles. The van der Waals surface area contributed by atoms with Crippen molar-refractivity contribution in [3.05, 3.63) is 35.4 Å². The molecule has 0 bridgehead atoms. The molecule has 3 atom stereocenters. The molecule has 0 aliphatic heterocycles. The molecule has 1 saturated carbocycles. The Hall–Kier alpha value is -1.48. The number of hydrogen-bond acceptors (Lipinski definition) is 3. The van der Waals surface area contributed by atoms with Crippen molar-refractivity contribution in [3.8, 4) is 11.5 Å². The van der Waals surface area contributed by atoms with Crippen LogP contribution in [0.2, 0.25) is 0 Å². The molecule has 0 aromatic heterocycles. The topological polar surface area (TPSA) is 60.7 Å². The maximum atomic E-state index is 10.3. The smallest absolute Gasteiger partial charge is 0.123 e. The molecule has 1 aliphatic rings. The van der Waals surface area contributed by atoms with Gasteiger partial charge in [-0.3, -0.25) is 0 Å². The molecule has 1 aliphatic carbocycles. The van der Waals surface area contributed by atoms with E-state index < -0.39 is 5.60 Å². The standard InChI is InChI=1S/C17H24O3/c1-10(2)12-5-6-17(4,20)9-13(12)16-14(18)7-11(3)8-15(16)19/h7-8,12-13,18-20H,1,5-6,9H2,2-4H3. The molecule has 110 valence electrons. The van der Waals surface area contributed by atoms with E-state index in [4.69, 9.17) is 0 Å². The lowest BCUT2D eigenvalue weighted by Crippen LogP contribution is -2.36. The zero-order chi connectivity index (χ0) is 15.1. The largest absolute Gasteiger partial charge is 0.508 e. The van der Waals surface area contributed by atoms with E-state index in [1.807, 2.05) is 20.8 Å². The number of aliphatic hydroxyl groups is 1. The van der Waals surface area contributed by atoms with Crippen molar-refractivity contribution < 1.29 is 15.3 Å². The highest BCUT2D eigenvalue weighted by molar-refractivity contribution is 5.49. The van der Waals surface area contributed by atoms with Crippen LogP contribution in [0.1, 0.15) is 50.2 Å². The average molecular weight is 276 g/mol. The minimum atomic E-state index is -0.764. The Morgan fingerprint density at radius 2 is 1.85 bits per heavy atom. The van der Waals surface area contributed by atoms with Crippen LogP contribution in [-0.4, -0.2) is 20.9 Å². The summed E-state index contributed by atoms with van der Waals surface area (Å²) in [6.07, 6.45) is 2.06. The second-order valence-electron chi connectivity index (χ2n) is 6.52. The zero-order valence-electron chi connectivity index (χ0n) is 12.5. The molecular formula is C17H24O3. The summed E-state index contributed by atoms with van der Waals surface area (Å²) in [6, 6.07) is 3.32. The molecule has 0 radical (unpaired) electrons. The molecule has 1 aromatic rings. The van der Waals surface area contributed by atoms with Gasteiger partial charge in [-0.1, -0.05) is 12.2 Å². The summed E-state index contributed by atoms with van der Waals surface area (Å²) >= 11 is 0. The molecule has 1 fully saturated rings. The number of benzene rings is 1. The summed E-state index contributed by atoms with van der Waals surface area (Å²) < 4.78 is 0. The second-order valence-corrected chi connectivity index (χ2v) is 6.52. The second kappa shape index (κ2) is 5.13. The van der Waals surface area contributed by atoms with Crippen molar-refractivity contribution in [3.63, 3.8) is 0 Å². The van der Waals surface area contributed by atoms with Crippen LogP contribution >= 0.6 is 0 Å². The summed E-state index contributed by atoms with van der Waals surface area (Å²) in [4.78, 5) is 0. The average Bonchev–Trinajstić information content (AvgIpc) is 2.25. The summed E-state index contributed by atoms with van der Waals surface area (Å²) in [6.45, 7) is 9.65. The van der Waals surface area contributed by atoms with Gasteiger partial charge in [-0.15, -0.1) is 0 Å². The Bertz CT molecular complexity index is 508. The van der Waals surface area contributed by atoms with Gasteiger partial charge in [0.05, 0.1) is 5.60 Å². The number of phenolic OH excluding ortho intramolecular Hbond substituents is 2. The molecule has 1 aromatic carbocycles. The number of aryl methyl sites for hydroxylation is 1. The van der Waals surface area contributed by atoms with Crippen LogP contribution < -0.4 is 0 Å². The zero-order valence-corrected chi connectivity index (χ0v) is 12.5. The fourth-order valence-electron chi connectivity index (χ4n) is 3.42. The van der Waals surface area contributed by atoms with Crippen LogP contribution in [0.5, 0.6) is 11.5 Å². The van der Waals surface area contributed by atoms with Crippen LogP contribution in [0.25, 0.3) is 0 Å². The van der Waals surface area contributed by atoms with E-state index in [1.165, 1.54) is 0 Å². The number of aromatic hydroxyl groups is 2. The van der Waals surface area contributed by atoms with Gasteiger partial charge < -0.3 is 15.3 Å². The predicted molar refractivity (Wildman–Crippen MR) is 80.0 cm³/mol. The Balaban J connectivity index is 2.48. The quantitative estimate of drug-likeness (QED) is 0.723. The van der Waals surface area contributed by atoms with Crippen LogP contribution in [0.4, 0.5) is 0 Å². The van der Waals surface area contributed by atoms with Gasteiger partial charge in [0.2, 0.25) is 0 Å². The molecule has 20 heavy (non-hydrogen) atoms. The summed E-state index contributed by atoms with van der Waals surface area (Å²) in [7, 11) is 0. The van der Waals surface area contributed by atoms with E-state index in [1.54, 1.807) is 12.1 Å². The highest BCUT2D eigenvalue weighted by Crippen LogP contribution is 2.50. The monoisotopic (exact) mass is 276 g/mol. The number of rotatable bonds is 2. The molecule has 0 amide bonds. The maximum Gasteiger partial charge on any atom is 0.123 e. The van der Waals surface area contributed by atoms with E-state index in [9.17, 15) is 15.3 Å². The van der Waals surface area contributed by atoms with E-state index in [0.29, 0.717) is 18.4 Å². The van der Waals surface area contributed by atoms with Crippen LogP contribution in [0.3, 0.4) is 0 Å². The van der Waals surface area contributed by atoms with Crippen LogP contribution in [0, 0.1) is 12.8 Å². The molecule has 3 nitrogen and oxygen atoms in total. The Labute approximate surface area is 120 Å². The highest BCUT2D eigenvalue weighted by atomic mass is 16.3. The SMILES string of the molecule is C=C(C)C1CCC(C)(O)CC1c1c(O)cc(C)cc1O. The molecule has 0 spiro atoms. The molecule has 3 N–H and O–H groups in total. The molecule has 3 heteroatoms. The maximum absolute atomic E-state index is 10.3. The summed E-state index contributed by atoms with van der Waals surface area (Å²) in [5, 5.41) is 30.8. The fraction of sp³-hybridized carbons (Fsp3) is 0.529. The van der Waals surface area contributed by atoms with Gasteiger partial charge in [0.15, 0.2) is 0 Å². The van der Waals surface area contributed by atoms with E-state index in [-0.39, 0.29) is 23.3 Å². The Morgan fingerprint density at radius 3 is 2.35 bits per heavy atom. The molecule has 3 unspecified atom stereocenters. The normalized spacial score (nSPS) is 30.2. The van der Waals surface area contributed by atoms with E-state index >= 15 is 0 Å². The van der Waals surface area contributed by atoms with Crippen LogP contribution in [0.15, 0.2) is 24.3 Å². The minimum Gasteiger partial charge on any atom is -0.508 e. The van der Waals surface area contributed by atoms with Gasteiger partial charge in [-0.2, -0.15) is 0 Å². The highest BCUT2D eigenvalue weighted by Gasteiger charge is 2.39. The predicted octanol–water partition coefficient (Wildman–Crippen LogP) is 3.62. The number of phenols is 2. The number of hydrogen-bond donors (Lipinski definition) is 3. The first kappa shape index (κ1) is 14.9. The first-order valence-corrected chi connectivity index (χ1v) is 7.11. The Kier molecular flexibility index (Phi) is 3.83. The summed E-state index contributed by atoms with van der Waals surface area (Å²) in [5.41, 5.74) is 1.63. The van der Waals surface area contributed by atoms with Crippen molar-refractivity contribution >= 4 is 0 Å². The number of allylic oxidation sites excluding steroid dienone is 1. The first-order chi connectivity index (χ1) is 9.21. The van der Waals surface area contributed by atoms with Crippen molar-refractivity contribution in [1.29, 1.82) is 0 Å². The minimum absolute atomic E-state index is 0.100. The van der Waals surface area contributed by atoms with Gasteiger partial charge in [0, 0.05) is 11.5 Å². The third kappa shape index (κ3) is 2.83. The van der Waals surface area contributed by atoms with E-state index in [2.05, 4.69) is 6.58 Å². The Morgan fingerprint density at radius 1 is 1.30 bits per heavy atom. The molecular weight excluding hydrogens is 252 g/mol. The van der Waals surface area contributed by atoms with Gasteiger partial charge >= 0.3 is 0 Å². The van der Waals surface area contributed by atoms with Gasteiger partial charge in [0.25, 0.3) is 0 Å². The van der Waals surface area contributed by atoms with Gasteiger partial charge in [-0.05, 0) is 63.6 Å². The van der Waals surface area contributed by atoms with E-state index in [0.717, 1.165) is 17.6 Å². The molecule has 2 rings (SSSR count). The fourth-order valence-corrected chi connectivity index (χ4v) is 3.42. The van der Waals surface area contributed by atoms with Gasteiger partial charge in [-0.25, -0.2) is 0 Å². The lowest BCUT2D eigenvalue weighted by atomic mass is 9.67. The van der Waals surface area contributed by atoms with Crippen molar-refractivity contribution in [1.82, 2.24) is 0 Å². The lowest BCUT2D eigenvalue weighted by Gasteiger charge is -2.40. The van der Waals surface area contributed by atoms with Crippen molar-refractivity contribution in [2.45, 2.75) is 51.6 Å². The van der Waals surface area contributed by atoms with Crippen LogP contribution in [-0.2, 0) is 0 Å². The van der Waals surface area contributed by atoms with Crippen molar-refractivity contribution in [2.24, 2.45) is 5.92 Å². The first-order valence-electron chi connectivity index (χ1n) is 7.11. The van der Waals surface area contributed by atoms with Gasteiger partial charge in [0.1, 0.15) is 11.5 Å². The lowest BCUT2D eigenvalue weighted by molar-refractivity contribution is 0.00224. The third-order valence-corrected chi connectivity index (χ3v) is 4.42. The van der Waals surface area contributed by atoms with Crippen molar-refractivity contribution in [2.75, 3.05) is 0 Å². The molecule has 0 saturated heterocycles. The third-order valence-electron chi connectivity index (χ3n) is 4.42. The summed E-state index contributed by atoms with van der Waals surface area (Å²) in [5.74, 6) is 0.291.